The van der Waals surface area contributed by atoms with E-state index in [0.717, 1.165) is 0 Å². The molecule has 0 saturated heterocycles. The first-order valence-electron chi connectivity index (χ1n) is 3.05. The second kappa shape index (κ2) is 4.73. The lowest BCUT2D eigenvalue weighted by molar-refractivity contribution is 0.441. The summed E-state index contributed by atoms with van der Waals surface area (Å²) in [6.45, 7) is 0. The summed E-state index contributed by atoms with van der Waals surface area (Å²) in [5, 5.41) is 1.82. The second-order valence-corrected chi connectivity index (χ2v) is 2.40. The monoisotopic (exact) mass is 168 g/mol. The first-order valence-corrected chi connectivity index (χ1v) is 4.34. The molecule has 0 aliphatic rings. The molecule has 4 heteroatoms. The Morgan fingerprint density at radius 1 is 1.45 bits per heavy atom. The van der Waals surface area contributed by atoms with Gasteiger partial charge in [-0.25, -0.2) is 9.97 Å². The minimum Gasteiger partial charge on any atom is -0.432 e. The van der Waals surface area contributed by atoms with E-state index in [1.807, 2.05) is 11.7 Å². The van der Waals surface area contributed by atoms with Gasteiger partial charge in [0.05, 0.1) is 0 Å². The minimum atomic E-state index is 0.373. The molecule has 0 atom stereocenters. The number of ether oxygens (including phenoxy) is 1. The highest BCUT2D eigenvalue weighted by Gasteiger charge is 1.87. The van der Waals surface area contributed by atoms with Gasteiger partial charge in [0.2, 0.25) is 0 Å². The third-order valence-electron chi connectivity index (χ3n) is 0.907. The molecule has 0 fully saturated rings. The Morgan fingerprint density at radius 3 is 2.82 bits per heavy atom. The highest BCUT2D eigenvalue weighted by molar-refractivity contribution is 8.01. The summed E-state index contributed by atoms with van der Waals surface area (Å²) in [7, 11) is 0. The Hall–Kier alpha value is -1.03. The fraction of sp³-hybridized carbons (Fsp3) is 0.143. The average molecular weight is 168 g/mol. The van der Waals surface area contributed by atoms with Crippen LogP contribution in [-0.4, -0.2) is 16.2 Å². The van der Waals surface area contributed by atoms with Crippen molar-refractivity contribution < 1.29 is 4.74 Å². The minimum absolute atomic E-state index is 0.373. The topological polar surface area (TPSA) is 35.0 Å². The van der Waals surface area contributed by atoms with Crippen molar-refractivity contribution in [3.05, 3.63) is 30.1 Å². The smallest absolute Gasteiger partial charge is 0.321 e. The molecular formula is C7H8N2OS. The molecule has 1 rings (SSSR count). The van der Waals surface area contributed by atoms with E-state index in [4.69, 9.17) is 4.74 Å². The van der Waals surface area contributed by atoms with Crippen molar-refractivity contribution in [2.45, 2.75) is 0 Å². The number of rotatable bonds is 3. The zero-order chi connectivity index (χ0) is 7.94. The lowest BCUT2D eigenvalue weighted by atomic mass is 10.7. The predicted octanol–water partition coefficient (Wildman–Crippen LogP) is 1.69. The van der Waals surface area contributed by atoms with E-state index in [0.29, 0.717) is 6.01 Å². The summed E-state index contributed by atoms with van der Waals surface area (Å²) in [6.07, 6.45) is 6.77. The fourth-order valence-electron chi connectivity index (χ4n) is 0.490. The zero-order valence-corrected chi connectivity index (χ0v) is 6.91. The largest absolute Gasteiger partial charge is 0.432 e. The fourth-order valence-corrected chi connectivity index (χ4v) is 0.657. The van der Waals surface area contributed by atoms with Gasteiger partial charge in [0.1, 0.15) is 6.26 Å². The molecule has 0 aromatic carbocycles. The Kier molecular flexibility index (Phi) is 3.47. The van der Waals surface area contributed by atoms with Gasteiger partial charge in [-0.2, -0.15) is 0 Å². The van der Waals surface area contributed by atoms with Crippen molar-refractivity contribution in [2.24, 2.45) is 0 Å². The van der Waals surface area contributed by atoms with Gasteiger partial charge in [-0.15, -0.1) is 11.8 Å². The maximum atomic E-state index is 5.02. The quantitative estimate of drug-likeness (QED) is 0.643. The first kappa shape index (κ1) is 8.07. The molecule has 58 valence electrons. The van der Waals surface area contributed by atoms with Crippen LogP contribution in [0.4, 0.5) is 0 Å². The Bertz CT molecular complexity index is 225. The molecule has 0 amide bonds. The van der Waals surface area contributed by atoms with Crippen LogP contribution < -0.4 is 4.74 Å². The van der Waals surface area contributed by atoms with Gasteiger partial charge >= 0.3 is 6.01 Å². The number of aromatic nitrogens is 2. The van der Waals surface area contributed by atoms with E-state index < -0.39 is 0 Å². The van der Waals surface area contributed by atoms with Crippen LogP contribution in [0, 0.1) is 0 Å². The molecule has 11 heavy (non-hydrogen) atoms. The summed E-state index contributed by atoms with van der Waals surface area (Å²) >= 11 is 1.56. The molecule has 1 heterocycles. The Balaban J connectivity index is 2.45. The predicted molar refractivity (Wildman–Crippen MR) is 45.3 cm³/mol. The highest BCUT2D eigenvalue weighted by atomic mass is 32.2. The maximum absolute atomic E-state index is 5.02. The average Bonchev–Trinajstić information content (AvgIpc) is 2.07. The van der Waals surface area contributed by atoms with Crippen LogP contribution in [0.1, 0.15) is 0 Å². The van der Waals surface area contributed by atoms with Crippen molar-refractivity contribution in [3.8, 4) is 6.01 Å². The van der Waals surface area contributed by atoms with Crippen molar-refractivity contribution >= 4 is 11.8 Å². The van der Waals surface area contributed by atoms with Gasteiger partial charge in [-0.1, -0.05) is 0 Å². The van der Waals surface area contributed by atoms with Crippen molar-refractivity contribution in [2.75, 3.05) is 6.26 Å². The van der Waals surface area contributed by atoms with Crippen molar-refractivity contribution in [1.82, 2.24) is 9.97 Å². The highest BCUT2D eigenvalue weighted by Crippen LogP contribution is 1.99. The van der Waals surface area contributed by atoms with Crippen LogP contribution in [0.5, 0.6) is 6.01 Å². The van der Waals surface area contributed by atoms with E-state index in [2.05, 4.69) is 9.97 Å². The SMILES string of the molecule is CSC=COc1ncccn1. The van der Waals surface area contributed by atoms with E-state index in [1.165, 1.54) is 0 Å². The molecule has 0 N–H and O–H groups in total. The summed E-state index contributed by atoms with van der Waals surface area (Å²) in [5.74, 6) is 0. The standard InChI is InChI=1S/C7H8N2OS/c1-11-6-5-10-7-8-3-2-4-9-7/h2-6H,1H3. The Morgan fingerprint density at radius 2 is 2.18 bits per heavy atom. The summed E-state index contributed by atoms with van der Waals surface area (Å²) in [6, 6.07) is 2.11. The second-order valence-electron chi connectivity index (χ2n) is 1.66. The molecule has 3 nitrogen and oxygen atoms in total. The number of hydrogen-bond acceptors (Lipinski definition) is 4. The molecule has 0 bridgehead atoms. The number of thioether (sulfide) groups is 1. The van der Waals surface area contributed by atoms with Gasteiger partial charge in [0, 0.05) is 17.8 Å². The lowest BCUT2D eigenvalue weighted by Crippen LogP contribution is -1.87. The molecule has 0 saturated carbocycles. The third kappa shape index (κ3) is 3.04. The van der Waals surface area contributed by atoms with Crippen LogP contribution in [0.2, 0.25) is 0 Å². The molecule has 1 aromatic rings. The zero-order valence-electron chi connectivity index (χ0n) is 6.10. The van der Waals surface area contributed by atoms with Gasteiger partial charge < -0.3 is 4.74 Å². The van der Waals surface area contributed by atoms with Crippen molar-refractivity contribution in [1.29, 1.82) is 0 Å². The van der Waals surface area contributed by atoms with Gasteiger partial charge in [0.25, 0.3) is 0 Å². The summed E-state index contributed by atoms with van der Waals surface area (Å²) in [4.78, 5) is 7.71. The van der Waals surface area contributed by atoms with Crippen molar-refractivity contribution in [3.63, 3.8) is 0 Å². The molecule has 1 aromatic heterocycles. The molecule has 0 radical (unpaired) electrons. The van der Waals surface area contributed by atoms with Crippen LogP contribution in [0.3, 0.4) is 0 Å². The molecule has 0 aliphatic carbocycles. The molecule has 0 spiro atoms. The van der Waals surface area contributed by atoms with Crippen LogP contribution >= 0.6 is 11.8 Å². The molecular weight excluding hydrogens is 160 g/mol. The number of hydrogen-bond donors (Lipinski definition) is 0. The normalized spacial score (nSPS) is 10.3. The van der Waals surface area contributed by atoms with E-state index in [1.54, 1.807) is 36.5 Å². The van der Waals surface area contributed by atoms with Crippen LogP contribution in [0.25, 0.3) is 0 Å². The maximum Gasteiger partial charge on any atom is 0.321 e. The summed E-state index contributed by atoms with van der Waals surface area (Å²) in [5.41, 5.74) is 0. The van der Waals surface area contributed by atoms with Gasteiger partial charge in [-0.3, -0.25) is 0 Å². The molecule has 0 aliphatic heterocycles. The third-order valence-corrected chi connectivity index (χ3v) is 1.29. The Labute approximate surface area is 69.5 Å². The van der Waals surface area contributed by atoms with E-state index >= 15 is 0 Å². The van der Waals surface area contributed by atoms with Crippen LogP contribution in [-0.2, 0) is 0 Å². The number of nitrogens with zero attached hydrogens (tertiary/aromatic N) is 2. The van der Waals surface area contributed by atoms with E-state index in [9.17, 15) is 0 Å². The van der Waals surface area contributed by atoms with E-state index in [-0.39, 0.29) is 0 Å². The van der Waals surface area contributed by atoms with Gasteiger partial charge in [0.15, 0.2) is 0 Å². The molecule has 0 unspecified atom stereocenters. The summed E-state index contributed by atoms with van der Waals surface area (Å²) < 4.78 is 5.02. The van der Waals surface area contributed by atoms with Crippen LogP contribution in [0.15, 0.2) is 30.1 Å². The lowest BCUT2D eigenvalue weighted by Gasteiger charge is -1.93. The first-order chi connectivity index (χ1) is 5.43. The van der Waals surface area contributed by atoms with Gasteiger partial charge in [-0.05, 0) is 12.3 Å².